The van der Waals surface area contributed by atoms with Crippen molar-refractivity contribution in [3.05, 3.63) is 84.4 Å². The van der Waals surface area contributed by atoms with Crippen LogP contribution in [-0.2, 0) is 17.9 Å². The Morgan fingerprint density at radius 2 is 1.74 bits per heavy atom. The van der Waals surface area contributed by atoms with Gasteiger partial charge >= 0.3 is 0 Å². The van der Waals surface area contributed by atoms with Gasteiger partial charge in [-0.05, 0) is 42.0 Å². The van der Waals surface area contributed by atoms with Crippen LogP contribution in [0, 0.1) is 5.82 Å². The number of aromatic nitrogens is 3. The Balaban J connectivity index is 1.59. The molecule has 2 heterocycles. The van der Waals surface area contributed by atoms with Crippen LogP contribution in [0.1, 0.15) is 5.56 Å². The Kier molecular flexibility index (Phi) is 4.61. The molecule has 4 rings (SSSR count). The number of halogens is 1. The second-order valence-electron chi connectivity index (χ2n) is 6.15. The first-order valence-electron chi connectivity index (χ1n) is 8.57. The number of hydrogen-bond acceptors (Lipinski definition) is 3. The SMILES string of the molecule is O=C(Cn1c(-c2ccncc2)nc2ccccc21)NCc1ccc(F)cc1. The summed E-state index contributed by atoms with van der Waals surface area (Å²) in [6.07, 6.45) is 3.40. The summed E-state index contributed by atoms with van der Waals surface area (Å²) in [6.45, 7) is 0.482. The van der Waals surface area contributed by atoms with E-state index in [0.29, 0.717) is 6.54 Å². The molecule has 4 aromatic rings. The van der Waals surface area contributed by atoms with Crippen molar-refractivity contribution < 1.29 is 9.18 Å². The fourth-order valence-corrected chi connectivity index (χ4v) is 2.96. The molecule has 0 unspecified atom stereocenters. The van der Waals surface area contributed by atoms with Gasteiger partial charge in [-0.15, -0.1) is 0 Å². The molecule has 0 bridgehead atoms. The summed E-state index contributed by atoms with van der Waals surface area (Å²) in [5, 5.41) is 2.88. The Bertz CT molecular complexity index is 1070. The van der Waals surface area contributed by atoms with Crippen LogP contribution in [-0.4, -0.2) is 20.4 Å². The van der Waals surface area contributed by atoms with E-state index in [0.717, 1.165) is 28.0 Å². The van der Waals surface area contributed by atoms with Crippen molar-refractivity contribution in [3.8, 4) is 11.4 Å². The fourth-order valence-electron chi connectivity index (χ4n) is 2.96. The van der Waals surface area contributed by atoms with Gasteiger partial charge < -0.3 is 9.88 Å². The smallest absolute Gasteiger partial charge is 0.240 e. The van der Waals surface area contributed by atoms with E-state index < -0.39 is 0 Å². The lowest BCUT2D eigenvalue weighted by Crippen LogP contribution is -2.27. The third-order valence-electron chi connectivity index (χ3n) is 4.30. The van der Waals surface area contributed by atoms with E-state index in [1.807, 2.05) is 41.0 Å². The molecular formula is C21H17FN4O. The zero-order chi connectivity index (χ0) is 18.6. The van der Waals surface area contributed by atoms with Gasteiger partial charge in [-0.2, -0.15) is 0 Å². The number of imidazole rings is 1. The average Bonchev–Trinajstić information content (AvgIpc) is 3.07. The number of nitrogens with zero attached hydrogens (tertiary/aromatic N) is 3. The standard InChI is InChI=1S/C21H17FN4O/c22-17-7-5-15(6-8-17)13-24-20(27)14-26-19-4-2-1-3-18(19)25-21(26)16-9-11-23-12-10-16/h1-12H,13-14H2,(H,24,27). The molecular weight excluding hydrogens is 343 g/mol. The molecule has 0 radical (unpaired) electrons. The molecule has 6 heteroatoms. The molecule has 1 amide bonds. The molecule has 134 valence electrons. The Morgan fingerprint density at radius 3 is 2.52 bits per heavy atom. The molecule has 0 aliphatic carbocycles. The normalized spacial score (nSPS) is 10.9. The van der Waals surface area contributed by atoms with Crippen LogP contribution in [0.2, 0.25) is 0 Å². The van der Waals surface area contributed by atoms with E-state index >= 15 is 0 Å². The number of benzene rings is 2. The predicted octanol–water partition coefficient (Wildman–Crippen LogP) is 3.55. The molecule has 2 aromatic heterocycles. The van der Waals surface area contributed by atoms with Crippen molar-refractivity contribution in [2.75, 3.05) is 0 Å². The van der Waals surface area contributed by atoms with Crippen molar-refractivity contribution in [2.24, 2.45) is 0 Å². The van der Waals surface area contributed by atoms with Crippen LogP contribution < -0.4 is 5.32 Å². The molecule has 0 aliphatic rings. The second-order valence-corrected chi connectivity index (χ2v) is 6.15. The molecule has 1 N–H and O–H groups in total. The molecule has 0 fully saturated rings. The van der Waals surface area contributed by atoms with Crippen molar-refractivity contribution in [2.45, 2.75) is 13.1 Å². The van der Waals surface area contributed by atoms with Crippen LogP contribution in [0.5, 0.6) is 0 Å². The van der Waals surface area contributed by atoms with Crippen LogP contribution in [0.4, 0.5) is 4.39 Å². The lowest BCUT2D eigenvalue weighted by Gasteiger charge is -2.10. The minimum Gasteiger partial charge on any atom is -0.350 e. The summed E-state index contributed by atoms with van der Waals surface area (Å²) in [7, 11) is 0. The van der Waals surface area contributed by atoms with Crippen molar-refractivity contribution in [3.63, 3.8) is 0 Å². The van der Waals surface area contributed by atoms with E-state index in [1.165, 1.54) is 12.1 Å². The van der Waals surface area contributed by atoms with Gasteiger partial charge in [-0.25, -0.2) is 9.37 Å². The molecule has 0 saturated heterocycles. The van der Waals surface area contributed by atoms with Gasteiger partial charge in [0, 0.05) is 24.5 Å². The summed E-state index contributed by atoms with van der Waals surface area (Å²) in [4.78, 5) is 21.3. The summed E-state index contributed by atoms with van der Waals surface area (Å²) < 4.78 is 14.9. The van der Waals surface area contributed by atoms with Crippen molar-refractivity contribution in [1.82, 2.24) is 19.9 Å². The maximum atomic E-state index is 13.0. The molecule has 0 aliphatic heterocycles. The predicted molar refractivity (Wildman–Crippen MR) is 101 cm³/mol. The Morgan fingerprint density at radius 1 is 1.00 bits per heavy atom. The monoisotopic (exact) mass is 360 g/mol. The van der Waals surface area contributed by atoms with E-state index in [-0.39, 0.29) is 18.3 Å². The summed E-state index contributed by atoms with van der Waals surface area (Å²) in [5.41, 5.74) is 3.46. The van der Waals surface area contributed by atoms with Gasteiger partial charge in [-0.3, -0.25) is 9.78 Å². The number of carbonyl (C=O) groups excluding carboxylic acids is 1. The highest BCUT2D eigenvalue weighted by Crippen LogP contribution is 2.24. The lowest BCUT2D eigenvalue weighted by atomic mass is 10.2. The highest BCUT2D eigenvalue weighted by molar-refractivity contribution is 5.84. The second kappa shape index (κ2) is 7.37. The number of carbonyl (C=O) groups is 1. The van der Waals surface area contributed by atoms with Gasteiger partial charge in [0.05, 0.1) is 11.0 Å². The summed E-state index contributed by atoms with van der Waals surface area (Å²) in [5.74, 6) is 0.283. The summed E-state index contributed by atoms with van der Waals surface area (Å²) >= 11 is 0. The zero-order valence-corrected chi connectivity index (χ0v) is 14.5. The molecule has 0 atom stereocenters. The quantitative estimate of drug-likeness (QED) is 0.592. The first kappa shape index (κ1) is 16.9. The first-order valence-corrected chi connectivity index (χ1v) is 8.57. The van der Waals surface area contributed by atoms with Gasteiger partial charge in [-0.1, -0.05) is 24.3 Å². The molecule has 27 heavy (non-hydrogen) atoms. The van der Waals surface area contributed by atoms with E-state index in [2.05, 4.69) is 15.3 Å². The minimum absolute atomic E-state index is 0.138. The van der Waals surface area contributed by atoms with Crippen molar-refractivity contribution >= 4 is 16.9 Å². The van der Waals surface area contributed by atoms with Gasteiger partial charge in [0.2, 0.25) is 5.91 Å². The zero-order valence-electron chi connectivity index (χ0n) is 14.5. The minimum atomic E-state index is -0.294. The number of para-hydroxylation sites is 2. The van der Waals surface area contributed by atoms with Crippen LogP contribution >= 0.6 is 0 Å². The number of amides is 1. The lowest BCUT2D eigenvalue weighted by molar-refractivity contribution is -0.121. The topological polar surface area (TPSA) is 59.8 Å². The molecule has 5 nitrogen and oxygen atoms in total. The molecule has 0 spiro atoms. The van der Waals surface area contributed by atoms with Gasteiger partial charge in [0.1, 0.15) is 18.2 Å². The van der Waals surface area contributed by atoms with E-state index in [4.69, 9.17) is 0 Å². The van der Waals surface area contributed by atoms with Gasteiger partial charge in [0.15, 0.2) is 0 Å². The number of hydrogen-bond donors (Lipinski definition) is 1. The Hall–Kier alpha value is -3.54. The van der Waals surface area contributed by atoms with Crippen LogP contribution in [0.3, 0.4) is 0 Å². The number of fused-ring (bicyclic) bond motifs is 1. The van der Waals surface area contributed by atoms with Gasteiger partial charge in [0.25, 0.3) is 0 Å². The number of rotatable bonds is 5. The van der Waals surface area contributed by atoms with E-state index in [9.17, 15) is 9.18 Å². The number of pyridine rings is 1. The largest absolute Gasteiger partial charge is 0.350 e. The highest BCUT2D eigenvalue weighted by atomic mass is 19.1. The van der Waals surface area contributed by atoms with Crippen molar-refractivity contribution in [1.29, 1.82) is 0 Å². The third kappa shape index (κ3) is 3.69. The maximum absolute atomic E-state index is 13.0. The first-order chi connectivity index (χ1) is 13.2. The Labute approximate surface area is 155 Å². The highest BCUT2D eigenvalue weighted by Gasteiger charge is 2.15. The summed E-state index contributed by atoms with van der Waals surface area (Å²) in [6, 6.07) is 17.5. The van der Waals surface area contributed by atoms with E-state index in [1.54, 1.807) is 24.5 Å². The van der Waals surface area contributed by atoms with Crippen LogP contribution in [0.15, 0.2) is 73.1 Å². The third-order valence-corrected chi connectivity index (χ3v) is 4.30. The van der Waals surface area contributed by atoms with Crippen LogP contribution in [0.25, 0.3) is 22.4 Å². The molecule has 2 aromatic carbocycles. The maximum Gasteiger partial charge on any atom is 0.240 e. The number of nitrogens with one attached hydrogen (secondary N) is 1. The fraction of sp³-hybridized carbons (Fsp3) is 0.0952. The molecule has 0 saturated carbocycles. The average molecular weight is 360 g/mol.